The van der Waals surface area contributed by atoms with Gasteiger partial charge in [0.1, 0.15) is 11.6 Å². The molecule has 1 atom stereocenters. The first-order chi connectivity index (χ1) is 8.47. The summed E-state index contributed by atoms with van der Waals surface area (Å²) in [5.74, 6) is -2.35. The van der Waals surface area contributed by atoms with Crippen molar-refractivity contribution in [3.8, 4) is 6.07 Å². The molecule has 0 amide bonds. The zero-order valence-electron chi connectivity index (χ0n) is 10.3. The first kappa shape index (κ1) is 14.3. The van der Waals surface area contributed by atoms with Crippen LogP contribution >= 0.6 is 0 Å². The lowest BCUT2D eigenvalue weighted by molar-refractivity contribution is 0.0917. The minimum atomic E-state index is -0.860. The Balaban J connectivity index is 2.81. The Morgan fingerprint density at radius 3 is 2.50 bits per heavy atom. The minimum absolute atomic E-state index is 0.124. The Kier molecular flexibility index (Phi) is 4.93. The number of Topliss-reactive ketones (excluding diaryl/α,β-unsaturated/α-hetero) is 1. The van der Waals surface area contributed by atoms with Crippen LogP contribution in [0.2, 0.25) is 0 Å². The first-order valence-corrected chi connectivity index (χ1v) is 5.51. The lowest BCUT2D eigenvalue weighted by Gasteiger charge is -2.21. The molecule has 0 radical (unpaired) electrons. The van der Waals surface area contributed by atoms with Crippen LogP contribution < -0.4 is 0 Å². The monoisotopic (exact) mass is 252 g/mol. The highest BCUT2D eigenvalue weighted by Gasteiger charge is 2.20. The van der Waals surface area contributed by atoms with Crippen molar-refractivity contribution in [2.24, 2.45) is 0 Å². The molecule has 5 heteroatoms. The van der Waals surface area contributed by atoms with E-state index in [2.05, 4.69) is 0 Å². The second kappa shape index (κ2) is 6.22. The van der Waals surface area contributed by atoms with E-state index in [4.69, 9.17) is 5.26 Å². The van der Waals surface area contributed by atoms with E-state index in [1.165, 1.54) is 6.07 Å². The van der Waals surface area contributed by atoms with Gasteiger partial charge >= 0.3 is 0 Å². The van der Waals surface area contributed by atoms with E-state index in [1.54, 1.807) is 18.9 Å². The number of benzene rings is 1. The molecule has 1 unspecified atom stereocenters. The molecular formula is C13H14F2N2O. The van der Waals surface area contributed by atoms with Gasteiger partial charge in [0.05, 0.1) is 24.6 Å². The van der Waals surface area contributed by atoms with Gasteiger partial charge in [-0.15, -0.1) is 0 Å². The minimum Gasteiger partial charge on any atom is -0.295 e. The van der Waals surface area contributed by atoms with Crippen molar-refractivity contribution in [3.63, 3.8) is 0 Å². The normalized spacial score (nSPS) is 12.2. The molecule has 0 bridgehead atoms. The smallest absolute Gasteiger partial charge is 0.182 e. The predicted molar refractivity (Wildman–Crippen MR) is 63.0 cm³/mol. The van der Waals surface area contributed by atoms with E-state index in [9.17, 15) is 13.6 Å². The number of carbonyl (C=O) groups is 1. The summed E-state index contributed by atoms with van der Waals surface area (Å²) in [4.78, 5) is 13.4. The first-order valence-electron chi connectivity index (χ1n) is 5.51. The zero-order valence-corrected chi connectivity index (χ0v) is 10.3. The average Bonchev–Trinajstić information content (AvgIpc) is 2.28. The molecule has 0 spiro atoms. The van der Waals surface area contributed by atoms with Gasteiger partial charge in [-0.05, 0) is 26.1 Å². The van der Waals surface area contributed by atoms with Crippen molar-refractivity contribution in [3.05, 3.63) is 35.4 Å². The molecule has 0 aromatic heterocycles. The molecule has 0 aliphatic carbocycles. The Labute approximate surface area is 105 Å². The van der Waals surface area contributed by atoms with E-state index in [0.29, 0.717) is 0 Å². The molecule has 1 aromatic carbocycles. The van der Waals surface area contributed by atoms with Gasteiger partial charge in [0.2, 0.25) is 0 Å². The number of nitriles is 1. The number of hydrogen-bond donors (Lipinski definition) is 0. The average molecular weight is 252 g/mol. The maximum absolute atomic E-state index is 13.4. The highest BCUT2D eigenvalue weighted by Crippen LogP contribution is 2.14. The molecule has 0 saturated heterocycles. The van der Waals surface area contributed by atoms with Crippen LogP contribution in [0.15, 0.2) is 18.2 Å². The molecule has 1 aromatic rings. The Hall–Kier alpha value is -1.80. The van der Waals surface area contributed by atoms with Gasteiger partial charge in [-0.2, -0.15) is 5.26 Å². The van der Waals surface area contributed by atoms with Crippen LogP contribution in [0.1, 0.15) is 23.7 Å². The van der Waals surface area contributed by atoms with Crippen LogP contribution in [-0.4, -0.2) is 30.3 Å². The summed E-state index contributed by atoms with van der Waals surface area (Å²) in [6.07, 6.45) is 0.254. The summed E-state index contributed by atoms with van der Waals surface area (Å²) < 4.78 is 26.7. The molecule has 0 aliphatic heterocycles. The van der Waals surface area contributed by atoms with Crippen LogP contribution in [0, 0.1) is 23.0 Å². The van der Waals surface area contributed by atoms with Gasteiger partial charge < -0.3 is 0 Å². The summed E-state index contributed by atoms with van der Waals surface area (Å²) in [6, 6.07) is 5.15. The fraction of sp³-hybridized carbons (Fsp3) is 0.385. The maximum Gasteiger partial charge on any atom is 0.182 e. The lowest BCUT2D eigenvalue weighted by atomic mass is 10.1. The summed E-state index contributed by atoms with van der Waals surface area (Å²) in [5, 5.41) is 8.54. The largest absolute Gasteiger partial charge is 0.295 e. The molecule has 0 fully saturated rings. The van der Waals surface area contributed by atoms with Crippen molar-refractivity contribution in [1.82, 2.24) is 4.90 Å². The fourth-order valence-electron chi connectivity index (χ4n) is 1.51. The zero-order chi connectivity index (χ0) is 13.7. The Morgan fingerprint density at radius 2 is 2.00 bits per heavy atom. The molecule has 0 aliphatic rings. The molecule has 0 heterocycles. The Bertz CT molecular complexity index is 462. The summed E-state index contributed by atoms with van der Waals surface area (Å²) in [7, 11) is 1.64. The van der Waals surface area contributed by atoms with Crippen LogP contribution in [0.3, 0.4) is 0 Å². The van der Waals surface area contributed by atoms with E-state index >= 15 is 0 Å². The molecular weight excluding hydrogens is 238 g/mol. The topological polar surface area (TPSA) is 44.1 Å². The van der Waals surface area contributed by atoms with E-state index < -0.39 is 23.0 Å². The van der Waals surface area contributed by atoms with E-state index in [1.807, 2.05) is 6.07 Å². The molecule has 0 N–H and O–H groups in total. The van der Waals surface area contributed by atoms with E-state index in [-0.39, 0.29) is 19.0 Å². The molecule has 1 rings (SSSR count). The lowest BCUT2D eigenvalue weighted by Crippen LogP contribution is -2.34. The number of rotatable bonds is 5. The highest BCUT2D eigenvalue weighted by atomic mass is 19.1. The van der Waals surface area contributed by atoms with Gasteiger partial charge in [-0.25, -0.2) is 8.78 Å². The fourth-order valence-corrected chi connectivity index (χ4v) is 1.51. The van der Waals surface area contributed by atoms with Crippen LogP contribution in [0.4, 0.5) is 8.78 Å². The van der Waals surface area contributed by atoms with Crippen LogP contribution in [0.5, 0.6) is 0 Å². The van der Waals surface area contributed by atoms with E-state index in [0.717, 1.165) is 12.1 Å². The molecule has 96 valence electrons. The molecule has 3 nitrogen and oxygen atoms in total. The summed E-state index contributed by atoms with van der Waals surface area (Å²) >= 11 is 0. The second-order valence-corrected chi connectivity index (χ2v) is 4.15. The van der Waals surface area contributed by atoms with Crippen molar-refractivity contribution in [2.45, 2.75) is 19.4 Å². The highest BCUT2D eigenvalue weighted by molar-refractivity contribution is 5.98. The second-order valence-electron chi connectivity index (χ2n) is 4.15. The standard InChI is InChI=1S/C13H14F2N2O/c1-9(6-7-16)17(2)8-12(18)13-10(14)4-3-5-11(13)15/h3-5,9H,6,8H2,1-2H3. The number of carbonyl (C=O) groups excluding carboxylic acids is 1. The number of halogens is 2. The van der Waals surface area contributed by atoms with Crippen molar-refractivity contribution >= 4 is 5.78 Å². The number of ketones is 1. The number of hydrogen-bond acceptors (Lipinski definition) is 3. The van der Waals surface area contributed by atoms with Gasteiger partial charge in [0.15, 0.2) is 5.78 Å². The van der Waals surface area contributed by atoms with Crippen molar-refractivity contribution < 1.29 is 13.6 Å². The maximum atomic E-state index is 13.4. The Morgan fingerprint density at radius 1 is 1.44 bits per heavy atom. The van der Waals surface area contributed by atoms with Gasteiger partial charge in [0, 0.05) is 6.04 Å². The summed E-state index contributed by atoms with van der Waals surface area (Å²) in [6.45, 7) is 1.65. The third-order valence-corrected chi connectivity index (χ3v) is 2.77. The van der Waals surface area contributed by atoms with Crippen LogP contribution in [-0.2, 0) is 0 Å². The van der Waals surface area contributed by atoms with Crippen molar-refractivity contribution in [2.75, 3.05) is 13.6 Å². The number of likely N-dealkylation sites (N-methyl/N-ethyl adjacent to an activating group) is 1. The third-order valence-electron chi connectivity index (χ3n) is 2.77. The quantitative estimate of drug-likeness (QED) is 0.756. The van der Waals surface area contributed by atoms with Crippen LogP contribution in [0.25, 0.3) is 0 Å². The molecule has 18 heavy (non-hydrogen) atoms. The predicted octanol–water partition coefficient (Wildman–Crippen LogP) is 2.38. The van der Waals surface area contributed by atoms with Gasteiger partial charge in [0.25, 0.3) is 0 Å². The number of nitrogens with zero attached hydrogens (tertiary/aromatic N) is 2. The third kappa shape index (κ3) is 3.34. The van der Waals surface area contributed by atoms with Crippen molar-refractivity contribution in [1.29, 1.82) is 5.26 Å². The molecule has 0 saturated carbocycles. The summed E-state index contributed by atoms with van der Waals surface area (Å²) in [5.41, 5.74) is -0.520. The van der Waals surface area contributed by atoms with Gasteiger partial charge in [-0.1, -0.05) is 6.07 Å². The van der Waals surface area contributed by atoms with Gasteiger partial charge in [-0.3, -0.25) is 9.69 Å². The SMILES string of the molecule is CC(CC#N)N(C)CC(=O)c1c(F)cccc1F.